The summed E-state index contributed by atoms with van der Waals surface area (Å²) < 4.78 is 10.5. The van der Waals surface area contributed by atoms with Crippen LogP contribution in [0.25, 0.3) is 0 Å². The van der Waals surface area contributed by atoms with Crippen molar-refractivity contribution in [1.82, 2.24) is 5.32 Å². The molecule has 2 heterocycles. The number of thioether (sulfide) groups is 1. The quantitative estimate of drug-likeness (QED) is 0.380. The topological polar surface area (TPSA) is 89.3 Å². The number of methoxy groups -OCH3 is 1. The number of nitrogens with zero attached hydrogens (tertiary/aromatic N) is 2. The zero-order chi connectivity index (χ0) is 18.9. The number of fused-ring (bicyclic) bond motifs is 1. The molecule has 1 fully saturated rings. The van der Waals surface area contributed by atoms with Crippen LogP contribution in [0.3, 0.4) is 0 Å². The first-order valence-corrected chi connectivity index (χ1v) is 8.81. The van der Waals surface area contributed by atoms with Crippen molar-refractivity contribution >= 4 is 35.0 Å². The number of amides is 1. The molecular formula is C18H19N3O4S. The maximum absolute atomic E-state index is 11.7. The Balaban J connectivity index is 1.73. The van der Waals surface area contributed by atoms with Gasteiger partial charge in [0.15, 0.2) is 5.17 Å². The van der Waals surface area contributed by atoms with Crippen molar-refractivity contribution in [2.75, 3.05) is 7.11 Å². The molecule has 1 amide bonds. The van der Waals surface area contributed by atoms with E-state index >= 15 is 0 Å². The molecule has 0 aromatic heterocycles. The summed E-state index contributed by atoms with van der Waals surface area (Å²) in [6, 6.07) is 4.01. The van der Waals surface area contributed by atoms with Gasteiger partial charge in [0.1, 0.15) is 11.4 Å². The molecule has 0 bridgehead atoms. The van der Waals surface area contributed by atoms with Crippen molar-refractivity contribution in [3.05, 3.63) is 39.8 Å². The molecule has 1 aromatic carbocycles. The highest BCUT2D eigenvalue weighted by molar-refractivity contribution is 8.18. The Hall–Kier alpha value is -2.61. The molecule has 2 aliphatic rings. The highest BCUT2D eigenvalue weighted by Crippen LogP contribution is 2.37. The average Bonchev–Trinajstić information content (AvgIpc) is 3.06. The van der Waals surface area contributed by atoms with Gasteiger partial charge in [0.05, 0.1) is 18.2 Å². The van der Waals surface area contributed by atoms with Gasteiger partial charge in [-0.05, 0) is 61.4 Å². The monoisotopic (exact) mass is 373 g/mol. The van der Waals surface area contributed by atoms with Gasteiger partial charge in [-0.15, -0.1) is 5.10 Å². The van der Waals surface area contributed by atoms with Gasteiger partial charge in [0.25, 0.3) is 5.91 Å². The van der Waals surface area contributed by atoms with Gasteiger partial charge in [-0.25, -0.2) is 4.79 Å². The Morgan fingerprint density at radius 3 is 2.92 bits per heavy atom. The van der Waals surface area contributed by atoms with Crippen molar-refractivity contribution in [1.29, 1.82) is 0 Å². The Morgan fingerprint density at radius 2 is 2.19 bits per heavy atom. The maximum atomic E-state index is 11.7. The van der Waals surface area contributed by atoms with Crippen molar-refractivity contribution in [2.24, 2.45) is 10.2 Å². The first kappa shape index (κ1) is 18.2. The predicted octanol–water partition coefficient (Wildman–Crippen LogP) is 2.32. The fraction of sp³-hybridized carbons (Fsp3) is 0.333. The van der Waals surface area contributed by atoms with Crippen LogP contribution >= 0.6 is 11.8 Å². The molecule has 1 saturated heterocycles. The van der Waals surface area contributed by atoms with Gasteiger partial charge >= 0.3 is 5.97 Å². The number of rotatable bonds is 3. The number of amidine groups is 1. The van der Waals surface area contributed by atoms with Gasteiger partial charge in [-0.3, -0.25) is 10.1 Å². The fourth-order valence-electron chi connectivity index (χ4n) is 2.79. The highest BCUT2D eigenvalue weighted by Gasteiger charge is 2.31. The second-order valence-electron chi connectivity index (χ2n) is 6.60. The molecule has 0 saturated carbocycles. The number of carbonyl (C=O) groups excluding carboxylic acids is 2. The number of esters is 1. The number of ether oxygens (including phenoxy) is 2. The summed E-state index contributed by atoms with van der Waals surface area (Å²) in [7, 11) is 1.25. The van der Waals surface area contributed by atoms with Gasteiger partial charge in [-0.1, -0.05) is 0 Å². The molecule has 0 spiro atoms. The number of hydrogen-bond acceptors (Lipinski definition) is 7. The lowest BCUT2D eigenvalue weighted by atomic mass is 9.99. The van der Waals surface area contributed by atoms with Crippen molar-refractivity contribution in [2.45, 2.75) is 32.8 Å². The average molecular weight is 373 g/mol. The van der Waals surface area contributed by atoms with Crippen molar-refractivity contribution in [3.8, 4) is 5.75 Å². The van der Waals surface area contributed by atoms with Crippen LogP contribution in [0.5, 0.6) is 5.75 Å². The summed E-state index contributed by atoms with van der Waals surface area (Å²) in [4.78, 5) is 23.2. The van der Waals surface area contributed by atoms with E-state index in [2.05, 4.69) is 34.1 Å². The number of carbonyl (C=O) groups is 2. The molecule has 136 valence electrons. The third-order valence-electron chi connectivity index (χ3n) is 3.82. The van der Waals surface area contributed by atoms with Gasteiger partial charge in [-0.2, -0.15) is 5.10 Å². The van der Waals surface area contributed by atoms with Crippen LogP contribution in [0.2, 0.25) is 0 Å². The zero-order valence-corrected chi connectivity index (χ0v) is 15.8. The number of hydrogen-bond donors (Lipinski definition) is 1. The molecule has 1 aromatic rings. The molecule has 0 atom stereocenters. The Labute approximate surface area is 155 Å². The summed E-state index contributed by atoms with van der Waals surface area (Å²) in [5.41, 5.74) is 2.91. The number of benzene rings is 1. The molecule has 7 nitrogen and oxygen atoms in total. The lowest BCUT2D eigenvalue weighted by Crippen LogP contribution is -2.24. The van der Waals surface area contributed by atoms with Crippen LogP contribution in [0.4, 0.5) is 0 Å². The highest BCUT2D eigenvalue weighted by atomic mass is 32.2. The van der Waals surface area contributed by atoms with Crippen LogP contribution in [0.1, 0.15) is 30.5 Å². The summed E-state index contributed by atoms with van der Waals surface area (Å²) in [5.74, 6) is -0.0528. The van der Waals surface area contributed by atoms with E-state index in [1.165, 1.54) is 7.11 Å². The summed E-state index contributed by atoms with van der Waals surface area (Å²) in [5, 5.41) is 10.9. The molecule has 0 aliphatic carbocycles. The largest absolute Gasteiger partial charge is 0.487 e. The third kappa shape index (κ3) is 3.96. The summed E-state index contributed by atoms with van der Waals surface area (Å²) in [6.45, 7) is 6.12. The smallest absolute Gasteiger partial charge is 0.331 e. The van der Waals surface area contributed by atoms with E-state index in [-0.39, 0.29) is 10.5 Å². The molecule has 8 heteroatoms. The van der Waals surface area contributed by atoms with Crippen LogP contribution in [-0.4, -0.2) is 36.0 Å². The Kier molecular flexibility index (Phi) is 4.86. The normalized spacial score (nSPS) is 21.2. The minimum absolute atomic E-state index is 0.198. The second-order valence-corrected chi connectivity index (χ2v) is 7.63. The van der Waals surface area contributed by atoms with E-state index < -0.39 is 11.9 Å². The lowest BCUT2D eigenvalue weighted by Gasteiger charge is -2.17. The first-order valence-electron chi connectivity index (χ1n) is 8.00. The Bertz CT molecular complexity index is 871. The maximum Gasteiger partial charge on any atom is 0.331 e. The zero-order valence-electron chi connectivity index (χ0n) is 15.0. The third-order valence-corrected chi connectivity index (χ3v) is 4.73. The first-order chi connectivity index (χ1) is 12.3. The summed E-state index contributed by atoms with van der Waals surface area (Å²) in [6.07, 6.45) is 3.59. The summed E-state index contributed by atoms with van der Waals surface area (Å²) >= 11 is 1.04. The second kappa shape index (κ2) is 6.95. The SMILES string of the molecule is COC(=O)/C=C1/S/C(=N\N=Cc2cc(C)c3c(c2)CC(C)(C)O3)NC1=O. The minimum Gasteiger partial charge on any atom is -0.487 e. The molecule has 0 radical (unpaired) electrons. The van der Waals surface area contributed by atoms with Gasteiger partial charge in [0.2, 0.25) is 0 Å². The van der Waals surface area contributed by atoms with Crippen molar-refractivity contribution in [3.63, 3.8) is 0 Å². The van der Waals surface area contributed by atoms with E-state index in [0.717, 1.165) is 46.7 Å². The van der Waals surface area contributed by atoms with E-state index in [9.17, 15) is 9.59 Å². The Morgan fingerprint density at radius 1 is 1.42 bits per heavy atom. The molecule has 26 heavy (non-hydrogen) atoms. The van der Waals surface area contributed by atoms with Crippen LogP contribution in [0, 0.1) is 6.92 Å². The van der Waals surface area contributed by atoms with Crippen LogP contribution in [0.15, 0.2) is 33.3 Å². The van der Waals surface area contributed by atoms with E-state index in [1.807, 2.05) is 19.1 Å². The molecule has 3 rings (SSSR count). The van der Waals surface area contributed by atoms with Gasteiger partial charge < -0.3 is 9.47 Å². The minimum atomic E-state index is -0.592. The van der Waals surface area contributed by atoms with Gasteiger partial charge in [0, 0.05) is 12.5 Å². The van der Waals surface area contributed by atoms with Crippen LogP contribution in [-0.2, 0) is 20.7 Å². The van der Waals surface area contributed by atoms with E-state index in [4.69, 9.17) is 4.74 Å². The lowest BCUT2D eigenvalue weighted by molar-refractivity contribution is -0.135. The fourth-order valence-corrected chi connectivity index (χ4v) is 3.53. The van der Waals surface area contributed by atoms with E-state index in [0.29, 0.717) is 5.17 Å². The van der Waals surface area contributed by atoms with Crippen molar-refractivity contribution < 1.29 is 19.1 Å². The standard InChI is InChI=1S/C18H19N3O4S/c1-10-5-11(6-12-8-18(2,3)25-15(10)12)9-19-21-17-20-16(23)13(26-17)7-14(22)24-4/h5-7,9H,8H2,1-4H3,(H,20,21,23)/b13-7+,19-9?. The van der Waals surface area contributed by atoms with E-state index in [1.54, 1.807) is 6.21 Å². The molecule has 1 N–H and O–H groups in total. The molecule has 2 aliphatic heterocycles. The predicted molar refractivity (Wildman–Crippen MR) is 100 cm³/mol. The molecular weight excluding hydrogens is 354 g/mol. The number of aryl methyl sites for hydroxylation is 1. The number of nitrogens with one attached hydrogen (secondary N) is 1. The van der Waals surface area contributed by atoms with Crippen LogP contribution < -0.4 is 10.1 Å². The molecule has 0 unspecified atom stereocenters.